The van der Waals surface area contributed by atoms with Crippen LogP contribution in [0.2, 0.25) is 0 Å². The third-order valence-corrected chi connectivity index (χ3v) is 4.36. The maximum Gasteiger partial charge on any atom is 0.0317 e. The lowest BCUT2D eigenvalue weighted by Crippen LogP contribution is -2.39. The molecule has 0 saturated heterocycles. The fourth-order valence-electron chi connectivity index (χ4n) is 2.96. The number of nitrogens with zero attached hydrogens (tertiary/aromatic N) is 2. The van der Waals surface area contributed by atoms with Crippen molar-refractivity contribution in [3.8, 4) is 0 Å². The van der Waals surface area contributed by atoms with Crippen molar-refractivity contribution in [2.45, 2.75) is 44.9 Å². The Bertz CT molecular complexity index is 439. The van der Waals surface area contributed by atoms with E-state index in [4.69, 9.17) is 5.73 Å². The zero-order chi connectivity index (χ0) is 12.7. The normalized spacial score (nSPS) is 21.3. The van der Waals surface area contributed by atoms with Crippen molar-refractivity contribution in [1.82, 2.24) is 9.80 Å². The number of rotatable bonds is 4. The quantitative estimate of drug-likeness (QED) is 0.824. The van der Waals surface area contributed by atoms with Crippen LogP contribution in [0.25, 0.3) is 0 Å². The molecule has 0 radical (unpaired) electrons. The first-order chi connectivity index (χ1) is 8.63. The molecule has 1 atom stereocenters. The molecular weight excluding hydrogens is 222 g/mol. The van der Waals surface area contributed by atoms with Crippen molar-refractivity contribution < 1.29 is 0 Å². The number of nitrogens with two attached hydrogens (primary N) is 1. The Balaban J connectivity index is 1.60. The first-order valence-electron chi connectivity index (χ1n) is 6.95. The topological polar surface area (TPSA) is 32.5 Å². The lowest BCUT2D eigenvalue weighted by molar-refractivity contribution is 0.167. The number of nitrogen functional groups attached to an aromatic ring is 1. The minimum absolute atomic E-state index is 0.643. The van der Waals surface area contributed by atoms with Crippen LogP contribution in [0.5, 0.6) is 0 Å². The molecule has 1 aliphatic carbocycles. The molecule has 3 rings (SSSR count). The van der Waals surface area contributed by atoms with E-state index in [2.05, 4.69) is 35.9 Å². The van der Waals surface area contributed by atoms with E-state index in [1.54, 1.807) is 0 Å². The molecule has 1 unspecified atom stereocenters. The van der Waals surface area contributed by atoms with Gasteiger partial charge < -0.3 is 5.73 Å². The standard InChI is InChI=1S/C15H23N3/c1-11(17(2)15-5-6-15)8-18-9-12-3-4-14(16)7-13(12)10-18/h3-4,7,11,15H,5-6,8-10,16H2,1-2H3. The summed E-state index contributed by atoms with van der Waals surface area (Å²) in [4.78, 5) is 5.07. The van der Waals surface area contributed by atoms with E-state index in [1.807, 2.05) is 6.07 Å². The van der Waals surface area contributed by atoms with Crippen molar-refractivity contribution >= 4 is 5.69 Å². The van der Waals surface area contributed by atoms with Crippen LogP contribution in [0, 0.1) is 0 Å². The van der Waals surface area contributed by atoms with E-state index in [0.29, 0.717) is 6.04 Å². The summed E-state index contributed by atoms with van der Waals surface area (Å²) < 4.78 is 0. The maximum atomic E-state index is 5.85. The second kappa shape index (κ2) is 4.56. The van der Waals surface area contributed by atoms with Gasteiger partial charge in [0.15, 0.2) is 0 Å². The molecule has 1 fully saturated rings. The van der Waals surface area contributed by atoms with Crippen LogP contribution in [0.15, 0.2) is 18.2 Å². The Labute approximate surface area is 110 Å². The fourth-order valence-corrected chi connectivity index (χ4v) is 2.96. The average molecular weight is 245 g/mol. The molecule has 0 aromatic heterocycles. The Morgan fingerprint density at radius 1 is 1.33 bits per heavy atom. The summed E-state index contributed by atoms with van der Waals surface area (Å²) in [5.41, 5.74) is 9.60. The van der Waals surface area contributed by atoms with E-state index in [0.717, 1.165) is 31.4 Å². The molecule has 0 bridgehead atoms. The lowest BCUT2D eigenvalue weighted by Gasteiger charge is -2.28. The van der Waals surface area contributed by atoms with Crippen LogP contribution >= 0.6 is 0 Å². The van der Waals surface area contributed by atoms with Gasteiger partial charge >= 0.3 is 0 Å². The van der Waals surface area contributed by atoms with Crippen molar-refractivity contribution in [3.63, 3.8) is 0 Å². The molecule has 98 valence electrons. The number of fused-ring (bicyclic) bond motifs is 1. The molecular formula is C15H23N3. The summed E-state index contributed by atoms with van der Waals surface area (Å²) in [5, 5.41) is 0. The minimum atomic E-state index is 0.643. The van der Waals surface area contributed by atoms with Crippen molar-refractivity contribution in [3.05, 3.63) is 29.3 Å². The van der Waals surface area contributed by atoms with E-state index in [-0.39, 0.29) is 0 Å². The van der Waals surface area contributed by atoms with E-state index < -0.39 is 0 Å². The highest BCUT2D eigenvalue weighted by Gasteiger charge is 2.30. The van der Waals surface area contributed by atoms with Crippen LogP contribution < -0.4 is 5.73 Å². The molecule has 1 heterocycles. The SMILES string of the molecule is CC(CN1Cc2ccc(N)cc2C1)N(C)C1CC1. The number of hydrogen-bond donors (Lipinski definition) is 1. The van der Waals surface area contributed by atoms with Gasteiger partial charge in [-0.2, -0.15) is 0 Å². The Morgan fingerprint density at radius 3 is 2.78 bits per heavy atom. The lowest BCUT2D eigenvalue weighted by atomic mass is 10.1. The molecule has 1 aliphatic heterocycles. The third-order valence-electron chi connectivity index (χ3n) is 4.36. The van der Waals surface area contributed by atoms with Crippen LogP contribution in [0.4, 0.5) is 5.69 Å². The largest absolute Gasteiger partial charge is 0.399 e. The van der Waals surface area contributed by atoms with Crippen LogP contribution in [-0.4, -0.2) is 35.5 Å². The number of anilines is 1. The van der Waals surface area contributed by atoms with Gasteiger partial charge in [0.05, 0.1) is 0 Å². The highest BCUT2D eigenvalue weighted by atomic mass is 15.2. The molecule has 3 nitrogen and oxygen atoms in total. The summed E-state index contributed by atoms with van der Waals surface area (Å²) in [7, 11) is 2.27. The monoisotopic (exact) mass is 245 g/mol. The van der Waals surface area contributed by atoms with Crippen LogP contribution in [-0.2, 0) is 13.1 Å². The average Bonchev–Trinajstić information content (AvgIpc) is 3.10. The Hall–Kier alpha value is -1.06. The third kappa shape index (κ3) is 2.38. The predicted molar refractivity (Wildman–Crippen MR) is 75.2 cm³/mol. The molecule has 1 aromatic carbocycles. The summed E-state index contributed by atoms with van der Waals surface area (Å²) >= 11 is 0. The molecule has 1 aromatic rings. The van der Waals surface area contributed by atoms with Gasteiger partial charge in [-0.15, -0.1) is 0 Å². The smallest absolute Gasteiger partial charge is 0.0317 e. The number of likely N-dealkylation sites (N-methyl/N-ethyl adjacent to an activating group) is 1. The maximum absolute atomic E-state index is 5.85. The summed E-state index contributed by atoms with van der Waals surface area (Å²) in [6.07, 6.45) is 2.77. The van der Waals surface area contributed by atoms with E-state index in [1.165, 1.54) is 24.0 Å². The second-order valence-corrected chi connectivity index (χ2v) is 5.94. The minimum Gasteiger partial charge on any atom is -0.399 e. The Morgan fingerprint density at radius 2 is 2.06 bits per heavy atom. The van der Waals surface area contributed by atoms with Gasteiger partial charge in [-0.05, 0) is 50.1 Å². The van der Waals surface area contributed by atoms with Gasteiger partial charge in [0.2, 0.25) is 0 Å². The predicted octanol–water partition coefficient (Wildman–Crippen LogP) is 2.07. The van der Waals surface area contributed by atoms with Gasteiger partial charge in [0.1, 0.15) is 0 Å². The highest BCUT2D eigenvalue weighted by Crippen LogP contribution is 2.29. The zero-order valence-electron chi connectivity index (χ0n) is 11.4. The first-order valence-corrected chi connectivity index (χ1v) is 6.95. The molecule has 2 aliphatic rings. The molecule has 1 saturated carbocycles. The second-order valence-electron chi connectivity index (χ2n) is 5.94. The number of benzene rings is 1. The summed E-state index contributed by atoms with van der Waals surface area (Å²) in [6, 6.07) is 7.82. The van der Waals surface area contributed by atoms with Crippen molar-refractivity contribution in [1.29, 1.82) is 0 Å². The summed E-state index contributed by atoms with van der Waals surface area (Å²) in [5.74, 6) is 0. The molecule has 2 N–H and O–H groups in total. The van der Waals surface area contributed by atoms with Gasteiger partial charge in [0, 0.05) is 37.4 Å². The highest BCUT2D eigenvalue weighted by molar-refractivity contribution is 5.46. The van der Waals surface area contributed by atoms with Gasteiger partial charge in [-0.25, -0.2) is 0 Å². The first kappa shape index (κ1) is 12.0. The van der Waals surface area contributed by atoms with Crippen LogP contribution in [0.1, 0.15) is 30.9 Å². The van der Waals surface area contributed by atoms with Crippen LogP contribution in [0.3, 0.4) is 0 Å². The molecule has 0 spiro atoms. The van der Waals surface area contributed by atoms with Crippen molar-refractivity contribution in [2.24, 2.45) is 0 Å². The molecule has 0 amide bonds. The molecule has 18 heavy (non-hydrogen) atoms. The van der Waals surface area contributed by atoms with Gasteiger partial charge in [-0.3, -0.25) is 9.80 Å². The van der Waals surface area contributed by atoms with Gasteiger partial charge in [-0.1, -0.05) is 6.07 Å². The van der Waals surface area contributed by atoms with E-state index in [9.17, 15) is 0 Å². The van der Waals surface area contributed by atoms with Crippen molar-refractivity contribution in [2.75, 3.05) is 19.3 Å². The Kier molecular flexibility index (Phi) is 3.04. The van der Waals surface area contributed by atoms with Gasteiger partial charge in [0.25, 0.3) is 0 Å². The molecule has 3 heteroatoms. The zero-order valence-corrected chi connectivity index (χ0v) is 11.4. The van der Waals surface area contributed by atoms with E-state index >= 15 is 0 Å². The number of hydrogen-bond acceptors (Lipinski definition) is 3. The summed E-state index contributed by atoms with van der Waals surface area (Å²) in [6.45, 7) is 5.64. The fraction of sp³-hybridized carbons (Fsp3) is 0.600.